The molecule has 5 heteroatoms. The van der Waals surface area contributed by atoms with Gasteiger partial charge in [0.1, 0.15) is 0 Å². The Labute approximate surface area is 120 Å². The Morgan fingerprint density at radius 3 is 2.35 bits per heavy atom. The van der Waals surface area contributed by atoms with Crippen molar-refractivity contribution in [2.24, 2.45) is 11.1 Å². The van der Waals surface area contributed by atoms with E-state index in [2.05, 4.69) is 0 Å². The third-order valence-corrected chi connectivity index (χ3v) is 4.95. The number of carbonyl (C=O) groups is 2. The smallest absolute Gasteiger partial charge is 0.305 e. The number of carbonyl (C=O) groups excluding carboxylic acids is 1. The molecule has 0 aromatic rings. The highest BCUT2D eigenvalue weighted by atomic mass is 16.4. The van der Waals surface area contributed by atoms with Crippen molar-refractivity contribution in [1.82, 2.24) is 4.90 Å². The molecular formula is C15H26N2O3. The molecule has 114 valence electrons. The van der Waals surface area contributed by atoms with Crippen LogP contribution in [-0.2, 0) is 9.59 Å². The number of carboxylic acids is 1. The highest BCUT2D eigenvalue weighted by molar-refractivity contribution is 5.84. The molecule has 0 spiro atoms. The van der Waals surface area contributed by atoms with Gasteiger partial charge in [-0.05, 0) is 25.7 Å². The Morgan fingerprint density at radius 2 is 1.80 bits per heavy atom. The quantitative estimate of drug-likeness (QED) is 0.769. The van der Waals surface area contributed by atoms with E-state index in [-0.39, 0.29) is 18.4 Å². The molecule has 20 heavy (non-hydrogen) atoms. The largest absolute Gasteiger partial charge is 0.481 e. The van der Waals surface area contributed by atoms with E-state index in [9.17, 15) is 9.59 Å². The molecule has 0 aromatic carbocycles. The third kappa shape index (κ3) is 3.14. The standard InChI is InChI=1S/C15H26N2O3/c16-11-15(7-3-1-2-4-8-15)14(20)17-9-5-6-12(17)10-13(18)19/h12H,1-11,16H2,(H,18,19). The first-order chi connectivity index (χ1) is 9.59. The minimum Gasteiger partial charge on any atom is -0.481 e. The van der Waals surface area contributed by atoms with Crippen LogP contribution in [0.5, 0.6) is 0 Å². The van der Waals surface area contributed by atoms with E-state index >= 15 is 0 Å². The summed E-state index contributed by atoms with van der Waals surface area (Å²) in [7, 11) is 0. The van der Waals surface area contributed by atoms with E-state index in [0.29, 0.717) is 13.1 Å². The normalized spacial score (nSPS) is 26.2. The molecule has 1 aliphatic carbocycles. The Morgan fingerprint density at radius 1 is 1.15 bits per heavy atom. The molecule has 1 amide bonds. The second-order valence-corrected chi connectivity index (χ2v) is 6.29. The van der Waals surface area contributed by atoms with Crippen LogP contribution in [-0.4, -0.2) is 41.0 Å². The van der Waals surface area contributed by atoms with Gasteiger partial charge in [-0.1, -0.05) is 25.7 Å². The van der Waals surface area contributed by atoms with Crippen LogP contribution in [0.4, 0.5) is 0 Å². The summed E-state index contributed by atoms with van der Waals surface area (Å²) >= 11 is 0. The topological polar surface area (TPSA) is 83.6 Å². The second-order valence-electron chi connectivity index (χ2n) is 6.29. The molecule has 1 saturated heterocycles. The average Bonchev–Trinajstić information content (AvgIpc) is 2.73. The molecule has 0 radical (unpaired) electrons. The zero-order valence-corrected chi connectivity index (χ0v) is 12.1. The number of hydrogen-bond acceptors (Lipinski definition) is 3. The SMILES string of the molecule is NCC1(C(=O)N2CCCC2CC(=O)O)CCCCCC1. The van der Waals surface area contributed by atoms with Crippen LogP contribution in [0.2, 0.25) is 0 Å². The predicted molar refractivity (Wildman–Crippen MR) is 76.2 cm³/mol. The molecule has 5 nitrogen and oxygen atoms in total. The highest BCUT2D eigenvalue weighted by Crippen LogP contribution is 2.38. The molecule has 2 fully saturated rings. The van der Waals surface area contributed by atoms with Crippen LogP contribution in [0, 0.1) is 5.41 Å². The zero-order valence-electron chi connectivity index (χ0n) is 12.1. The summed E-state index contributed by atoms with van der Waals surface area (Å²) in [5.74, 6) is -0.706. The molecule has 0 bridgehead atoms. The first kappa shape index (κ1) is 15.3. The minimum atomic E-state index is -0.822. The van der Waals surface area contributed by atoms with Gasteiger partial charge in [-0.2, -0.15) is 0 Å². The molecule has 1 unspecified atom stereocenters. The van der Waals surface area contributed by atoms with Crippen molar-refractivity contribution in [1.29, 1.82) is 0 Å². The number of rotatable bonds is 4. The van der Waals surface area contributed by atoms with Gasteiger partial charge in [-0.15, -0.1) is 0 Å². The lowest BCUT2D eigenvalue weighted by molar-refractivity contribution is -0.145. The second kappa shape index (κ2) is 6.57. The number of carboxylic acid groups (broad SMARTS) is 1. The lowest BCUT2D eigenvalue weighted by Gasteiger charge is -2.36. The maximum atomic E-state index is 13.0. The first-order valence-electron chi connectivity index (χ1n) is 7.82. The molecule has 1 aliphatic heterocycles. The fraction of sp³-hybridized carbons (Fsp3) is 0.867. The van der Waals surface area contributed by atoms with E-state index in [1.807, 2.05) is 4.90 Å². The van der Waals surface area contributed by atoms with E-state index in [1.165, 1.54) is 12.8 Å². The van der Waals surface area contributed by atoms with Crippen molar-refractivity contribution in [3.8, 4) is 0 Å². The zero-order chi connectivity index (χ0) is 14.6. The van der Waals surface area contributed by atoms with E-state index in [1.54, 1.807) is 0 Å². The highest BCUT2D eigenvalue weighted by Gasteiger charge is 2.43. The third-order valence-electron chi connectivity index (χ3n) is 4.95. The maximum Gasteiger partial charge on any atom is 0.305 e. The lowest BCUT2D eigenvalue weighted by atomic mass is 9.78. The molecule has 1 heterocycles. The molecule has 3 N–H and O–H groups in total. The predicted octanol–water partition coefficient (Wildman–Crippen LogP) is 1.75. The van der Waals surface area contributed by atoms with E-state index in [4.69, 9.17) is 10.8 Å². The van der Waals surface area contributed by atoms with Crippen LogP contribution < -0.4 is 5.73 Å². The number of aliphatic carboxylic acids is 1. The summed E-state index contributed by atoms with van der Waals surface area (Å²) in [6.45, 7) is 1.08. The van der Waals surface area contributed by atoms with Crippen molar-refractivity contribution in [2.45, 2.75) is 63.8 Å². The molecule has 1 saturated carbocycles. The van der Waals surface area contributed by atoms with Gasteiger partial charge < -0.3 is 15.7 Å². The number of likely N-dealkylation sites (tertiary alicyclic amines) is 1. The van der Waals surface area contributed by atoms with Crippen molar-refractivity contribution in [3.63, 3.8) is 0 Å². The van der Waals surface area contributed by atoms with Crippen LogP contribution >= 0.6 is 0 Å². The Kier molecular flexibility index (Phi) is 5.02. The minimum absolute atomic E-state index is 0.0619. The molecule has 0 aromatic heterocycles. The monoisotopic (exact) mass is 282 g/mol. The van der Waals surface area contributed by atoms with Gasteiger partial charge in [0.15, 0.2) is 0 Å². The lowest BCUT2D eigenvalue weighted by Crippen LogP contribution is -2.50. The maximum absolute atomic E-state index is 13.0. The number of nitrogens with zero attached hydrogens (tertiary/aromatic N) is 1. The van der Waals surface area contributed by atoms with Crippen molar-refractivity contribution in [2.75, 3.05) is 13.1 Å². The summed E-state index contributed by atoms with van der Waals surface area (Å²) in [4.78, 5) is 25.7. The molecule has 1 atom stereocenters. The van der Waals surface area contributed by atoms with Crippen molar-refractivity contribution >= 4 is 11.9 Å². The van der Waals surface area contributed by atoms with Gasteiger partial charge in [0.25, 0.3) is 0 Å². The number of nitrogens with two attached hydrogens (primary N) is 1. The van der Waals surface area contributed by atoms with Crippen molar-refractivity contribution < 1.29 is 14.7 Å². The van der Waals surface area contributed by atoms with E-state index in [0.717, 1.165) is 38.5 Å². The Hall–Kier alpha value is -1.10. The summed E-state index contributed by atoms with van der Waals surface area (Å²) in [6.07, 6.45) is 7.95. The Bertz CT molecular complexity index is 362. The fourth-order valence-electron chi connectivity index (χ4n) is 3.73. The molecular weight excluding hydrogens is 256 g/mol. The van der Waals surface area contributed by atoms with Gasteiger partial charge in [-0.3, -0.25) is 9.59 Å². The van der Waals surface area contributed by atoms with Crippen molar-refractivity contribution in [3.05, 3.63) is 0 Å². The van der Waals surface area contributed by atoms with Crippen LogP contribution in [0.3, 0.4) is 0 Å². The van der Waals surface area contributed by atoms with Gasteiger partial charge in [0.05, 0.1) is 11.8 Å². The van der Waals surface area contributed by atoms with Gasteiger partial charge in [0, 0.05) is 19.1 Å². The molecule has 2 rings (SSSR count). The van der Waals surface area contributed by atoms with E-state index < -0.39 is 11.4 Å². The summed E-state index contributed by atoms with van der Waals surface area (Å²) < 4.78 is 0. The Balaban J connectivity index is 2.12. The van der Waals surface area contributed by atoms with Gasteiger partial charge in [-0.25, -0.2) is 0 Å². The van der Waals surface area contributed by atoms with Crippen LogP contribution in [0.1, 0.15) is 57.8 Å². The summed E-state index contributed by atoms with van der Waals surface area (Å²) in [5.41, 5.74) is 5.53. The number of hydrogen-bond donors (Lipinski definition) is 2. The van der Waals surface area contributed by atoms with Crippen LogP contribution in [0.15, 0.2) is 0 Å². The summed E-state index contributed by atoms with van der Waals surface area (Å²) in [6, 6.07) is -0.133. The number of amides is 1. The van der Waals surface area contributed by atoms with Gasteiger partial charge >= 0.3 is 5.97 Å². The average molecular weight is 282 g/mol. The fourth-order valence-corrected chi connectivity index (χ4v) is 3.73. The first-order valence-corrected chi connectivity index (χ1v) is 7.82. The van der Waals surface area contributed by atoms with Crippen LogP contribution in [0.25, 0.3) is 0 Å². The molecule has 2 aliphatic rings. The summed E-state index contributed by atoms with van der Waals surface area (Å²) in [5, 5.41) is 8.99. The van der Waals surface area contributed by atoms with Gasteiger partial charge in [0.2, 0.25) is 5.91 Å².